The Morgan fingerprint density at radius 2 is 1.74 bits per heavy atom. The maximum absolute atomic E-state index is 4.31. The van der Waals surface area contributed by atoms with Gasteiger partial charge in [-0.2, -0.15) is 0 Å². The zero-order valence-electron chi connectivity index (χ0n) is 13.4. The topological polar surface area (TPSA) is 39.7 Å². The van der Waals surface area contributed by atoms with Crippen molar-refractivity contribution in [3.8, 4) is 0 Å². The van der Waals surface area contributed by atoms with E-state index >= 15 is 0 Å². The van der Waals surface area contributed by atoms with Crippen molar-refractivity contribution >= 4 is 5.96 Å². The van der Waals surface area contributed by atoms with Crippen LogP contribution in [0.2, 0.25) is 0 Å². The summed E-state index contributed by atoms with van der Waals surface area (Å²) in [5.41, 5.74) is 0. The van der Waals surface area contributed by atoms with Crippen LogP contribution in [0.25, 0.3) is 0 Å². The third kappa shape index (κ3) is 5.81. The monoisotopic (exact) mass is 268 g/mol. The second-order valence-corrected chi connectivity index (χ2v) is 6.05. The fourth-order valence-electron chi connectivity index (χ4n) is 2.87. The van der Waals surface area contributed by atoms with Crippen LogP contribution in [-0.2, 0) is 0 Å². The molecule has 0 spiro atoms. The standard InChI is InChI=1S/C15H32N4/c1-12(2)19(13(3)4)11-10-17-15(16-5)18-14-8-6-7-9-14/h12-14H,6-11H2,1-5H3,(H2,16,17,18). The first-order valence-electron chi connectivity index (χ1n) is 7.77. The average molecular weight is 268 g/mol. The van der Waals surface area contributed by atoms with E-state index in [1.165, 1.54) is 25.7 Å². The first-order chi connectivity index (χ1) is 9.04. The van der Waals surface area contributed by atoms with Gasteiger partial charge >= 0.3 is 0 Å². The highest BCUT2D eigenvalue weighted by Crippen LogP contribution is 2.17. The molecular weight excluding hydrogens is 236 g/mol. The molecule has 0 aromatic heterocycles. The van der Waals surface area contributed by atoms with Gasteiger partial charge in [-0.15, -0.1) is 0 Å². The molecule has 0 aliphatic heterocycles. The van der Waals surface area contributed by atoms with Gasteiger partial charge in [0.25, 0.3) is 0 Å². The van der Waals surface area contributed by atoms with E-state index in [0.717, 1.165) is 19.0 Å². The first-order valence-corrected chi connectivity index (χ1v) is 7.77. The summed E-state index contributed by atoms with van der Waals surface area (Å²) in [7, 11) is 1.85. The highest BCUT2D eigenvalue weighted by Gasteiger charge is 2.16. The van der Waals surface area contributed by atoms with Crippen LogP contribution in [0.3, 0.4) is 0 Å². The van der Waals surface area contributed by atoms with Crippen LogP contribution >= 0.6 is 0 Å². The van der Waals surface area contributed by atoms with Gasteiger partial charge < -0.3 is 10.6 Å². The number of hydrogen-bond acceptors (Lipinski definition) is 2. The molecule has 0 amide bonds. The Kier molecular flexibility index (Phi) is 7.21. The molecule has 0 atom stereocenters. The van der Waals surface area contributed by atoms with Crippen LogP contribution in [-0.4, -0.2) is 49.1 Å². The third-order valence-electron chi connectivity index (χ3n) is 3.91. The molecule has 4 heteroatoms. The van der Waals surface area contributed by atoms with Crippen molar-refractivity contribution in [2.24, 2.45) is 4.99 Å². The molecule has 1 fully saturated rings. The van der Waals surface area contributed by atoms with Crippen LogP contribution in [0.15, 0.2) is 4.99 Å². The molecule has 1 rings (SSSR count). The highest BCUT2D eigenvalue weighted by atomic mass is 15.2. The molecule has 1 aliphatic carbocycles. The Bertz CT molecular complexity index is 259. The summed E-state index contributed by atoms with van der Waals surface area (Å²) < 4.78 is 0. The number of hydrogen-bond donors (Lipinski definition) is 2. The summed E-state index contributed by atoms with van der Waals surface area (Å²) in [6.45, 7) is 11.0. The quantitative estimate of drug-likeness (QED) is 0.573. The van der Waals surface area contributed by atoms with E-state index in [9.17, 15) is 0 Å². The summed E-state index contributed by atoms with van der Waals surface area (Å²) in [4.78, 5) is 6.81. The summed E-state index contributed by atoms with van der Waals surface area (Å²) in [6.07, 6.45) is 5.27. The lowest BCUT2D eigenvalue weighted by Gasteiger charge is -2.30. The second kappa shape index (κ2) is 8.41. The molecule has 0 aromatic carbocycles. The van der Waals surface area contributed by atoms with Gasteiger partial charge in [0.1, 0.15) is 0 Å². The fraction of sp³-hybridized carbons (Fsp3) is 0.933. The van der Waals surface area contributed by atoms with Gasteiger partial charge in [0.15, 0.2) is 5.96 Å². The molecule has 19 heavy (non-hydrogen) atoms. The summed E-state index contributed by atoms with van der Waals surface area (Å²) >= 11 is 0. The molecule has 0 radical (unpaired) electrons. The van der Waals surface area contributed by atoms with Gasteiger partial charge in [-0.25, -0.2) is 0 Å². The molecule has 1 aliphatic rings. The van der Waals surface area contributed by atoms with Gasteiger partial charge in [0.2, 0.25) is 0 Å². The molecule has 0 heterocycles. The van der Waals surface area contributed by atoms with E-state index in [-0.39, 0.29) is 0 Å². The molecule has 2 N–H and O–H groups in total. The van der Waals surface area contributed by atoms with Crippen molar-refractivity contribution < 1.29 is 0 Å². The molecule has 0 saturated heterocycles. The number of aliphatic imine (C=N–C) groups is 1. The van der Waals surface area contributed by atoms with Gasteiger partial charge in [-0.05, 0) is 40.5 Å². The predicted octanol–water partition coefficient (Wildman–Crippen LogP) is 2.21. The fourth-order valence-corrected chi connectivity index (χ4v) is 2.87. The minimum atomic E-state index is 0.589. The van der Waals surface area contributed by atoms with E-state index in [4.69, 9.17) is 0 Å². The van der Waals surface area contributed by atoms with Crippen molar-refractivity contribution in [3.63, 3.8) is 0 Å². The molecule has 0 aromatic rings. The number of nitrogens with zero attached hydrogens (tertiary/aromatic N) is 2. The number of nitrogens with one attached hydrogen (secondary N) is 2. The first kappa shape index (κ1) is 16.3. The summed E-state index contributed by atoms with van der Waals surface area (Å²) in [5.74, 6) is 0.958. The number of rotatable bonds is 6. The number of guanidine groups is 1. The lowest BCUT2D eigenvalue weighted by Crippen LogP contribution is -2.47. The van der Waals surface area contributed by atoms with Crippen LogP contribution < -0.4 is 10.6 Å². The van der Waals surface area contributed by atoms with E-state index < -0.39 is 0 Å². The molecule has 1 saturated carbocycles. The normalized spacial score (nSPS) is 17.8. The van der Waals surface area contributed by atoms with E-state index in [0.29, 0.717) is 18.1 Å². The maximum atomic E-state index is 4.31. The van der Waals surface area contributed by atoms with E-state index in [1.54, 1.807) is 0 Å². The van der Waals surface area contributed by atoms with Crippen LogP contribution in [0.1, 0.15) is 53.4 Å². The van der Waals surface area contributed by atoms with Crippen molar-refractivity contribution in [2.45, 2.75) is 71.5 Å². The van der Waals surface area contributed by atoms with E-state index in [1.807, 2.05) is 7.05 Å². The smallest absolute Gasteiger partial charge is 0.191 e. The second-order valence-electron chi connectivity index (χ2n) is 6.05. The molecule has 0 bridgehead atoms. The van der Waals surface area contributed by atoms with Crippen LogP contribution in [0.4, 0.5) is 0 Å². The van der Waals surface area contributed by atoms with Crippen molar-refractivity contribution in [3.05, 3.63) is 0 Å². The minimum absolute atomic E-state index is 0.589. The minimum Gasteiger partial charge on any atom is -0.355 e. The Morgan fingerprint density at radius 3 is 2.21 bits per heavy atom. The van der Waals surface area contributed by atoms with Gasteiger partial charge in [-0.3, -0.25) is 9.89 Å². The SMILES string of the molecule is CN=C(NCCN(C(C)C)C(C)C)NC1CCCC1. The molecule has 112 valence electrons. The van der Waals surface area contributed by atoms with Gasteiger partial charge in [-0.1, -0.05) is 12.8 Å². The molecular formula is C15H32N4. The van der Waals surface area contributed by atoms with Crippen LogP contribution in [0, 0.1) is 0 Å². The Morgan fingerprint density at radius 1 is 1.16 bits per heavy atom. The van der Waals surface area contributed by atoms with Crippen molar-refractivity contribution in [1.29, 1.82) is 0 Å². The van der Waals surface area contributed by atoms with Crippen molar-refractivity contribution in [1.82, 2.24) is 15.5 Å². The van der Waals surface area contributed by atoms with E-state index in [2.05, 4.69) is 48.2 Å². The Labute approximate surface area is 119 Å². The van der Waals surface area contributed by atoms with Gasteiger partial charge in [0.05, 0.1) is 0 Å². The Balaban J connectivity index is 2.28. The van der Waals surface area contributed by atoms with Crippen molar-refractivity contribution in [2.75, 3.05) is 20.1 Å². The zero-order chi connectivity index (χ0) is 14.3. The predicted molar refractivity (Wildman–Crippen MR) is 83.7 cm³/mol. The highest BCUT2D eigenvalue weighted by molar-refractivity contribution is 5.79. The Hall–Kier alpha value is -0.770. The summed E-state index contributed by atoms with van der Waals surface area (Å²) in [5, 5.41) is 6.95. The zero-order valence-corrected chi connectivity index (χ0v) is 13.4. The maximum Gasteiger partial charge on any atom is 0.191 e. The van der Waals surface area contributed by atoms with Gasteiger partial charge in [0, 0.05) is 38.3 Å². The molecule has 4 nitrogen and oxygen atoms in total. The average Bonchev–Trinajstić information content (AvgIpc) is 2.84. The largest absolute Gasteiger partial charge is 0.355 e. The lowest BCUT2D eigenvalue weighted by molar-refractivity contribution is 0.178. The summed E-state index contributed by atoms with van der Waals surface area (Å²) in [6, 6.07) is 1.80. The lowest BCUT2D eigenvalue weighted by atomic mass is 10.2. The third-order valence-corrected chi connectivity index (χ3v) is 3.91. The van der Waals surface area contributed by atoms with Crippen LogP contribution in [0.5, 0.6) is 0 Å². The molecule has 0 unspecified atom stereocenters.